The van der Waals surface area contributed by atoms with Crippen molar-refractivity contribution in [1.82, 2.24) is 14.9 Å². The Kier molecular flexibility index (Phi) is 7.26. The Morgan fingerprint density at radius 3 is 2.17 bits per heavy atom. The van der Waals surface area contributed by atoms with E-state index in [1.54, 1.807) is 0 Å². The molecule has 1 saturated carbocycles. The number of nitrogens with zero attached hydrogens (tertiary/aromatic N) is 1. The smallest absolute Gasteiger partial charge is 0.276 e. The molecule has 23 heavy (non-hydrogen) atoms. The molecule has 8 heteroatoms. The van der Waals surface area contributed by atoms with Gasteiger partial charge in [0, 0.05) is 38.1 Å². The number of nitrogens with one attached hydrogen (secondary N) is 2. The van der Waals surface area contributed by atoms with E-state index >= 15 is 0 Å². The molecule has 1 aliphatic carbocycles. The van der Waals surface area contributed by atoms with Gasteiger partial charge in [-0.05, 0) is 25.7 Å². The number of nitrogens with two attached hydrogens (primary N) is 1. The van der Waals surface area contributed by atoms with Crippen LogP contribution in [-0.2, 0) is 15.0 Å². The van der Waals surface area contributed by atoms with Gasteiger partial charge in [-0.25, -0.2) is 5.14 Å². The summed E-state index contributed by atoms with van der Waals surface area (Å²) in [6.07, 6.45) is 8.83. The van der Waals surface area contributed by atoms with Gasteiger partial charge in [-0.2, -0.15) is 12.7 Å². The minimum absolute atomic E-state index is 0.0294. The van der Waals surface area contributed by atoms with Crippen LogP contribution in [0.4, 0.5) is 0 Å². The average Bonchev–Trinajstić information content (AvgIpc) is 2.79. The summed E-state index contributed by atoms with van der Waals surface area (Å²) in [6.45, 7) is 2.09. The zero-order valence-electron chi connectivity index (χ0n) is 13.8. The minimum atomic E-state index is -3.62. The summed E-state index contributed by atoms with van der Waals surface area (Å²) < 4.78 is 23.7. The molecule has 0 aromatic carbocycles. The lowest BCUT2D eigenvalue weighted by Gasteiger charge is -2.29. The summed E-state index contributed by atoms with van der Waals surface area (Å²) in [5.41, 5.74) is 0. The van der Waals surface area contributed by atoms with Crippen molar-refractivity contribution in [1.29, 1.82) is 0 Å². The fourth-order valence-corrected chi connectivity index (χ4v) is 4.18. The molecular formula is C15H30N4O3S. The summed E-state index contributed by atoms with van der Waals surface area (Å²) in [5.74, 6) is -0.0763. The molecule has 1 heterocycles. The summed E-state index contributed by atoms with van der Waals surface area (Å²) in [4.78, 5) is 12.1. The fraction of sp³-hybridized carbons (Fsp3) is 0.933. The van der Waals surface area contributed by atoms with E-state index in [2.05, 4.69) is 10.6 Å². The van der Waals surface area contributed by atoms with Crippen molar-refractivity contribution in [2.24, 2.45) is 11.1 Å². The molecule has 134 valence electrons. The van der Waals surface area contributed by atoms with Crippen LogP contribution < -0.4 is 15.8 Å². The second-order valence-corrected chi connectivity index (χ2v) is 8.20. The molecule has 0 radical (unpaired) electrons. The maximum Gasteiger partial charge on any atom is 0.276 e. The maximum absolute atomic E-state index is 12.1. The Hall–Kier alpha value is -0.700. The third kappa shape index (κ3) is 6.37. The van der Waals surface area contributed by atoms with Crippen molar-refractivity contribution < 1.29 is 13.2 Å². The van der Waals surface area contributed by atoms with Gasteiger partial charge >= 0.3 is 0 Å². The first-order valence-corrected chi connectivity index (χ1v) is 10.3. The number of hydrogen-bond donors (Lipinski definition) is 3. The molecule has 1 saturated heterocycles. The monoisotopic (exact) mass is 346 g/mol. The lowest BCUT2D eigenvalue weighted by atomic mass is 9.97. The number of amides is 1. The molecule has 4 N–H and O–H groups in total. The first-order valence-electron chi connectivity index (χ1n) is 8.76. The van der Waals surface area contributed by atoms with Gasteiger partial charge in [0.1, 0.15) is 0 Å². The van der Waals surface area contributed by atoms with Crippen molar-refractivity contribution in [2.75, 3.05) is 26.2 Å². The van der Waals surface area contributed by atoms with Crippen LogP contribution in [-0.4, -0.2) is 50.9 Å². The maximum atomic E-state index is 12.1. The fourth-order valence-electron chi connectivity index (χ4n) is 3.46. The quantitative estimate of drug-likeness (QED) is 0.476. The molecule has 1 amide bonds. The number of rotatable bonds is 6. The van der Waals surface area contributed by atoms with Crippen LogP contribution in [0, 0.1) is 5.92 Å². The summed E-state index contributed by atoms with van der Waals surface area (Å²) in [6, 6.07) is 0.590. The van der Waals surface area contributed by atoms with Gasteiger partial charge in [-0.1, -0.05) is 25.7 Å². The minimum Gasteiger partial charge on any atom is -0.355 e. The van der Waals surface area contributed by atoms with Gasteiger partial charge in [0.05, 0.1) is 0 Å². The van der Waals surface area contributed by atoms with E-state index in [-0.39, 0.29) is 11.8 Å². The molecule has 0 spiro atoms. The molecule has 0 aromatic heterocycles. The van der Waals surface area contributed by atoms with Gasteiger partial charge < -0.3 is 10.6 Å². The molecule has 0 unspecified atom stereocenters. The van der Waals surface area contributed by atoms with Crippen LogP contribution in [0.25, 0.3) is 0 Å². The number of carbonyl (C=O) groups excluding carboxylic acids is 1. The highest BCUT2D eigenvalue weighted by Gasteiger charge is 2.29. The normalized spacial score (nSPS) is 22.7. The molecule has 0 aromatic rings. The van der Waals surface area contributed by atoms with Crippen molar-refractivity contribution in [2.45, 2.75) is 57.4 Å². The van der Waals surface area contributed by atoms with Crippen molar-refractivity contribution in [3.05, 3.63) is 0 Å². The first kappa shape index (κ1) is 18.6. The van der Waals surface area contributed by atoms with Gasteiger partial charge in [0.25, 0.3) is 10.2 Å². The van der Waals surface area contributed by atoms with Crippen molar-refractivity contribution >= 4 is 16.1 Å². The Balaban J connectivity index is 1.60. The Bertz CT molecular complexity index is 467. The molecule has 7 nitrogen and oxygen atoms in total. The van der Waals surface area contributed by atoms with E-state index in [1.807, 2.05) is 0 Å². The zero-order valence-corrected chi connectivity index (χ0v) is 14.6. The Morgan fingerprint density at radius 2 is 1.61 bits per heavy atom. The third-order valence-electron chi connectivity index (χ3n) is 4.90. The summed E-state index contributed by atoms with van der Waals surface area (Å²) in [7, 11) is -3.62. The van der Waals surface area contributed by atoms with Crippen LogP contribution in [0.15, 0.2) is 0 Å². The van der Waals surface area contributed by atoms with Crippen molar-refractivity contribution in [3.8, 4) is 0 Å². The first-order chi connectivity index (χ1) is 11.0. The number of hydrogen-bond acceptors (Lipinski definition) is 4. The van der Waals surface area contributed by atoms with E-state index in [4.69, 9.17) is 5.14 Å². The van der Waals surface area contributed by atoms with E-state index in [0.29, 0.717) is 38.5 Å². The van der Waals surface area contributed by atoms with Crippen LogP contribution in [0.2, 0.25) is 0 Å². The topological polar surface area (TPSA) is 105 Å². The molecule has 0 atom stereocenters. The second-order valence-electron chi connectivity index (χ2n) is 6.65. The van der Waals surface area contributed by atoms with E-state index in [9.17, 15) is 13.2 Å². The van der Waals surface area contributed by atoms with Gasteiger partial charge in [0.15, 0.2) is 0 Å². The van der Waals surface area contributed by atoms with Crippen LogP contribution in [0.3, 0.4) is 0 Å². The van der Waals surface area contributed by atoms with Crippen molar-refractivity contribution in [3.63, 3.8) is 0 Å². The van der Waals surface area contributed by atoms with Crippen LogP contribution >= 0.6 is 0 Å². The van der Waals surface area contributed by atoms with E-state index < -0.39 is 10.2 Å². The van der Waals surface area contributed by atoms with E-state index in [0.717, 1.165) is 6.54 Å². The molecule has 0 bridgehead atoms. The highest BCUT2D eigenvalue weighted by atomic mass is 32.2. The van der Waals surface area contributed by atoms with Crippen LogP contribution in [0.1, 0.15) is 51.4 Å². The molecular weight excluding hydrogens is 316 g/mol. The largest absolute Gasteiger partial charge is 0.355 e. The molecule has 2 rings (SSSR count). The lowest BCUT2D eigenvalue weighted by Crippen LogP contribution is -2.46. The average molecular weight is 346 g/mol. The summed E-state index contributed by atoms with van der Waals surface area (Å²) in [5, 5.41) is 11.6. The zero-order chi connectivity index (χ0) is 16.7. The third-order valence-corrected chi connectivity index (χ3v) is 5.98. The van der Waals surface area contributed by atoms with Crippen LogP contribution in [0.5, 0.6) is 0 Å². The molecule has 1 aliphatic heterocycles. The van der Waals surface area contributed by atoms with Gasteiger partial charge in [-0.15, -0.1) is 0 Å². The van der Waals surface area contributed by atoms with Gasteiger partial charge in [0.2, 0.25) is 5.91 Å². The highest BCUT2D eigenvalue weighted by Crippen LogP contribution is 2.19. The number of carbonyl (C=O) groups is 1. The van der Waals surface area contributed by atoms with Gasteiger partial charge in [-0.3, -0.25) is 4.79 Å². The Labute approximate surface area is 139 Å². The predicted octanol–water partition coefficient (Wildman–Crippen LogP) is 0.331. The summed E-state index contributed by atoms with van der Waals surface area (Å²) >= 11 is 0. The standard InChI is InChI=1S/C15H30N4O3S/c16-23(21,22)19-11-7-13(8-12-19)15(20)18-10-9-17-14-5-3-1-2-4-6-14/h13-14,17H,1-12H2,(H,18,20)(H2,16,21,22). The number of piperidine rings is 1. The van der Waals surface area contributed by atoms with E-state index in [1.165, 1.54) is 42.8 Å². The lowest BCUT2D eigenvalue weighted by molar-refractivity contribution is -0.126. The highest BCUT2D eigenvalue weighted by molar-refractivity contribution is 7.86. The second kappa shape index (κ2) is 8.96. The molecule has 2 aliphatic rings. The Morgan fingerprint density at radius 1 is 1.00 bits per heavy atom. The SMILES string of the molecule is NS(=O)(=O)N1CCC(C(=O)NCCNC2CCCCCC2)CC1. The predicted molar refractivity (Wildman–Crippen MR) is 89.9 cm³/mol. The molecule has 2 fully saturated rings.